The summed E-state index contributed by atoms with van der Waals surface area (Å²) >= 11 is 0. The Labute approximate surface area is 140 Å². The van der Waals surface area contributed by atoms with Gasteiger partial charge in [0, 0.05) is 0 Å². The third-order valence-electron chi connectivity index (χ3n) is 3.39. The molecular formula is C12H10B7NO2. The molecule has 1 aromatic carbocycles. The molecule has 10 heteroatoms. The minimum Gasteiger partial charge on any atom is -0.468 e. The molecule has 0 bridgehead atoms. The second kappa shape index (κ2) is 5.70. The highest BCUT2D eigenvalue weighted by molar-refractivity contribution is 6.59. The van der Waals surface area contributed by atoms with Gasteiger partial charge in [-0.2, -0.15) is 0 Å². The first-order valence-corrected chi connectivity index (χ1v) is 6.77. The Morgan fingerprint density at radius 1 is 1.09 bits per heavy atom. The first kappa shape index (κ1) is 17.6. The van der Waals surface area contributed by atoms with Crippen LogP contribution in [-0.4, -0.2) is 71.8 Å². The number of rotatable bonds is 5. The fourth-order valence-corrected chi connectivity index (χ4v) is 2.37. The minimum atomic E-state index is -1.71. The largest absolute Gasteiger partial charge is 0.468 e. The summed E-state index contributed by atoms with van der Waals surface area (Å²) in [5, 5.41) is -0.131. The van der Waals surface area contributed by atoms with Crippen LogP contribution in [0, 0.1) is 0 Å². The second-order valence-electron chi connectivity index (χ2n) is 5.56. The van der Waals surface area contributed by atoms with Crippen molar-refractivity contribution in [3.05, 3.63) is 23.8 Å². The molecular weight excluding hydrogens is 266 g/mol. The van der Waals surface area contributed by atoms with Crippen LogP contribution in [0.4, 0.5) is 0 Å². The van der Waals surface area contributed by atoms with Crippen molar-refractivity contribution in [2.75, 3.05) is 0 Å². The van der Waals surface area contributed by atoms with E-state index in [2.05, 4.69) is 5.32 Å². The standard InChI is InChI=1S/C12H10B7NO2/c1-2-9(20-11(15,16)17)10(13,14)6-3-4-7-8(5-6)22-12(18,19)21-7/h3-5,9,20H,2H2,1H3. The Hall–Kier alpha value is -0.765. The van der Waals surface area contributed by atoms with E-state index in [-0.39, 0.29) is 0 Å². The number of nitrogens with one attached hydrogen (secondary N) is 1. The quantitative estimate of drug-likeness (QED) is 0.656. The molecule has 0 amide bonds. The molecule has 0 aliphatic carbocycles. The average Bonchev–Trinajstić information content (AvgIpc) is 2.67. The van der Waals surface area contributed by atoms with Gasteiger partial charge in [-0.15, -0.1) is 0 Å². The van der Waals surface area contributed by atoms with Crippen molar-refractivity contribution in [1.29, 1.82) is 0 Å². The van der Waals surface area contributed by atoms with Crippen LogP contribution >= 0.6 is 0 Å². The van der Waals surface area contributed by atoms with E-state index in [1.807, 2.05) is 6.92 Å². The zero-order valence-electron chi connectivity index (χ0n) is 12.4. The zero-order valence-corrected chi connectivity index (χ0v) is 12.4. The van der Waals surface area contributed by atoms with Crippen molar-refractivity contribution >= 4 is 54.9 Å². The van der Waals surface area contributed by atoms with Gasteiger partial charge in [0.15, 0.2) is 32.8 Å². The lowest BCUT2D eigenvalue weighted by molar-refractivity contribution is 0.0833. The molecule has 0 fully saturated rings. The van der Waals surface area contributed by atoms with Crippen molar-refractivity contribution in [1.82, 2.24) is 5.32 Å². The number of fused-ring (bicyclic) bond motifs is 1. The molecule has 0 aromatic heterocycles. The molecule has 0 saturated heterocycles. The van der Waals surface area contributed by atoms with Crippen molar-refractivity contribution in [3.63, 3.8) is 0 Å². The van der Waals surface area contributed by atoms with Crippen LogP contribution in [0.5, 0.6) is 11.5 Å². The molecule has 14 radical (unpaired) electrons. The summed E-state index contributed by atoms with van der Waals surface area (Å²) in [7, 11) is 40.3. The van der Waals surface area contributed by atoms with Crippen LogP contribution in [0.3, 0.4) is 0 Å². The molecule has 1 atom stereocenters. The highest BCUT2D eigenvalue weighted by Crippen LogP contribution is 2.40. The zero-order chi connectivity index (χ0) is 16.8. The molecule has 96 valence electrons. The maximum atomic E-state index is 6.25. The van der Waals surface area contributed by atoms with E-state index in [0.717, 1.165) is 0 Å². The van der Waals surface area contributed by atoms with Gasteiger partial charge in [0.2, 0.25) is 0 Å². The molecule has 1 N–H and O–H groups in total. The molecule has 1 aliphatic heterocycles. The molecule has 0 spiro atoms. The summed E-state index contributed by atoms with van der Waals surface area (Å²) in [6, 6.07) is 4.41. The normalized spacial score (nSPS) is 18.0. The predicted octanol–water partition coefficient (Wildman–Crippen LogP) is -1.62. The Bertz CT molecular complexity index is 559. The van der Waals surface area contributed by atoms with Crippen LogP contribution in [0.1, 0.15) is 18.9 Å². The fraction of sp³-hybridized carbons (Fsp3) is 0.500. The van der Waals surface area contributed by atoms with Crippen molar-refractivity contribution in [2.24, 2.45) is 0 Å². The van der Waals surface area contributed by atoms with Crippen LogP contribution in [-0.2, 0) is 5.21 Å². The van der Waals surface area contributed by atoms with Gasteiger partial charge < -0.3 is 14.8 Å². The Morgan fingerprint density at radius 3 is 2.23 bits per heavy atom. The molecule has 1 aromatic rings. The van der Waals surface area contributed by atoms with Gasteiger partial charge in [-0.05, 0) is 24.6 Å². The predicted molar refractivity (Wildman–Crippen MR) is 92.3 cm³/mol. The van der Waals surface area contributed by atoms with Gasteiger partial charge in [0.05, 0.1) is 39.2 Å². The van der Waals surface area contributed by atoms with Gasteiger partial charge in [-0.25, -0.2) is 0 Å². The van der Waals surface area contributed by atoms with Gasteiger partial charge in [-0.3, -0.25) is 0 Å². The third-order valence-corrected chi connectivity index (χ3v) is 3.39. The molecule has 1 heterocycles. The molecule has 3 nitrogen and oxygen atoms in total. The highest BCUT2D eigenvalue weighted by atomic mass is 16.7. The van der Waals surface area contributed by atoms with Gasteiger partial charge in [0.1, 0.15) is 0 Å². The first-order valence-electron chi connectivity index (χ1n) is 6.77. The van der Waals surface area contributed by atoms with Crippen LogP contribution in [0.2, 0.25) is 0 Å². The maximum absolute atomic E-state index is 6.25. The number of hydrogen-bond donors (Lipinski definition) is 1. The minimum absolute atomic E-state index is 0.345. The van der Waals surface area contributed by atoms with E-state index in [4.69, 9.17) is 64.4 Å². The summed E-state index contributed by atoms with van der Waals surface area (Å²) in [5.74, 6) is 0.744. The summed E-state index contributed by atoms with van der Waals surface area (Å²) in [5.41, 5.74) is -1.16. The number of benzene rings is 1. The summed E-state index contributed by atoms with van der Waals surface area (Å²) in [6.45, 7) is 1.87. The fourth-order valence-electron chi connectivity index (χ4n) is 2.37. The number of ether oxygens (including phenoxy) is 2. The van der Waals surface area contributed by atoms with Crippen LogP contribution in [0.15, 0.2) is 18.2 Å². The first-order chi connectivity index (χ1) is 9.94. The maximum Gasteiger partial charge on any atom is 0.175 e. The monoisotopic (exact) mass is 277 g/mol. The lowest BCUT2D eigenvalue weighted by atomic mass is 9.44. The van der Waals surface area contributed by atoms with Crippen molar-refractivity contribution < 1.29 is 9.47 Å². The highest BCUT2D eigenvalue weighted by Gasteiger charge is 2.35. The second-order valence-corrected chi connectivity index (χ2v) is 5.56. The smallest absolute Gasteiger partial charge is 0.175 e. The van der Waals surface area contributed by atoms with Gasteiger partial charge >= 0.3 is 0 Å². The summed E-state index contributed by atoms with van der Waals surface area (Å²) in [4.78, 5) is 0. The summed E-state index contributed by atoms with van der Waals surface area (Å²) in [6.07, 6.45) is 0.534. The van der Waals surface area contributed by atoms with Crippen molar-refractivity contribution in [2.45, 2.75) is 35.4 Å². The van der Waals surface area contributed by atoms with Crippen LogP contribution in [0.25, 0.3) is 0 Å². The third kappa shape index (κ3) is 3.76. The lowest BCUT2D eigenvalue weighted by Crippen LogP contribution is -2.59. The lowest BCUT2D eigenvalue weighted by Gasteiger charge is -2.41. The van der Waals surface area contributed by atoms with E-state index in [1.165, 1.54) is 0 Å². The average molecular weight is 276 g/mol. The summed E-state index contributed by atoms with van der Waals surface area (Å²) < 4.78 is 10.5. The Kier molecular flexibility index (Phi) is 4.56. The molecule has 22 heavy (non-hydrogen) atoms. The molecule has 1 unspecified atom stereocenters. The van der Waals surface area contributed by atoms with E-state index < -0.39 is 22.1 Å². The van der Waals surface area contributed by atoms with Crippen LogP contribution < -0.4 is 14.8 Å². The Morgan fingerprint density at radius 2 is 1.68 bits per heavy atom. The van der Waals surface area contributed by atoms with Gasteiger partial charge in [0.25, 0.3) is 0 Å². The molecule has 0 saturated carbocycles. The molecule has 2 rings (SSSR count). The van der Waals surface area contributed by atoms with Crippen molar-refractivity contribution in [3.8, 4) is 11.5 Å². The van der Waals surface area contributed by atoms with Gasteiger partial charge in [-0.1, -0.05) is 29.0 Å². The van der Waals surface area contributed by atoms with E-state index in [9.17, 15) is 0 Å². The molecule has 1 aliphatic rings. The topological polar surface area (TPSA) is 30.5 Å². The SMILES string of the molecule is [B]C([B])([B])NC(CC)C([B])([B])c1ccc2c(c1)OC([B])([B])O2. The van der Waals surface area contributed by atoms with E-state index in [1.54, 1.807) is 18.2 Å². The Balaban J connectivity index is 2.30. The van der Waals surface area contributed by atoms with E-state index >= 15 is 0 Å². The van der Waals surface area contributed by atoms with E-state index in [0.29, 0.717) is 23.5 Å². The number of hydrogen-bond acceptors (Lipinski definition) is 3.